The third kappa shape index (κ3) is 8.42. The molecule has 0 unspecified atom stereocenters. The van der Waals surface area contributed by atoms with E-state index < -0.39 is 6.10 Å². The summed E-state index contributed by atoms with van der Waals surface area (Å²) in [6.07, 6.45) is 5.83. The predicted molar refractivity (Wildman–Crippen MR) is 65.4 cm³/mol. The average molecular weight is 242 g/mol. The fourth-order valence-electron chi connectivity index (χ4n) is 1.16. The molecular formula is C12H22N2O3. The number of nitrogens with zero attached hydrogens (tertiary/aromatic N) is 2. The first-order valence-corrected chi connectivity index (χ1v) is 5.98. The summed E-state index contributed by atoms with van der Waals surface area (Å²) in [5.74, 6) is -0.365. The number of allylic oxidation sites excluding steroid dienone is 1. The second kappa shape index (κ2) is 8.73. The molecule has 5 heteroatoms. The van der Waals surface area contributed by atoms with E-state index in [1.807, 2.05) is 0 Å². The minimum Gasteiger partial charge on any atom is -0.595 e. The van der Waals surface area contributed by atoms with Crippen LogP contribution in [0.15, 0.2) is 17.4 Å². The minimum absolute atomic E-state index is 0.354. The molecule has 0 aromatic carbocycles. The van der Waals surface area contributed by atoms with Gasteiger partial charge in [-0.2, -0.15) is 0 Å². The molecule has 17 heavy (non-hydrogen) atoms. The fraction of sp³-hybridized carbons (Fsp3) is 0.750. The first-order valence-electron chi connectivity index (χ1n) is 5.98. The predicted octanol–water partition coefficient (Wildman–Crippen LogP) is 2.99. The van der Waals surface area contributed by atoms with Crippen LogP contribution in [-0.2, 0) is 9.53 Å². The van der Waals surface area contributed by atoms with E-state index in [0.29, 0.717) is 4.86 Å². The zero-order chi connectivity index (χ0) is 13.3. The van der Waals surface area contributed by atoms with E-state index in [9.17, 15) is 10.0 Å². The van der Waals surface area contributed by atoms with Crippen LogP contribution in [0.4, 0.5) is 0 Å². The van der Waals surface area contributed by atoms with E-state index in [1.54, 1.807) is 19.9 Å². The Hall–Kier alpha value is -1.39. The van der Waals surface area contributed by atoms with Crippen molar-refractivity contribution in [3.63, 3.8) is 0 Å². The highest BCUT2D eigenvalue weighted by Gasteiger charge is 2.16. The van der Waals surface area contributed by atoms with Crippen molar-refractivity contribution in [2.24, 2.45) is 5.11 Å². The van der Waals surface area contributed by atoms with Gasteiger partial charge in [-0.05, 0) is 37.9 Å². The maximum absolute atomic E-state index is 11.3. The number of hydrogen-bond acceptors (Lipinski definition) is 4. The number of hydrogen-bond donors (Lipinski definition) is 0. The van der Waals surface area contributed by atoms with Gasteiger partial charge in [0.05, 0.1) is 0 Å². The molecule has 2 atom stereocenters. The minimum atomic E-state index is -0.395. The smallest absolute Gasteiger partial charge is 0.302 e. The van der Waals surface area contributed by atoms with Gasteiger partial charge in [0.15, 0.2) is 0 Å². The van der Waals surface area contributed by atoms with E-state index in [1.165, 1.54) is 13.1 Å². The van der Waals surface area contributed by atoms with E-state index in [2.05, 4.69) is 12.0 Å². The molecule has 0 radical (unpaired) electrons. The average Bonchev–Trinajstić information content (AvgIpc) is 2.23. The van der Waals surface area contributed by atoms with Crippen molar-refractivity contribution in [3.05, 3.63) is 17.5 Å². The van der Waals surface area contributed by atoms with Crippen molar-refractivity contribution in [1.29, 1.82) is 0 Å². The van der Waals surface area contributed by atoms with Crippen molar-refractivity contribution in [3.8, 4) is 0 Å². The zero-order valence-electron chi connectivity index (χ0n) is 11.0. The quantitative estimate of drug-likeness (QED) is 0.226. The molecule has 0 aromatic rings. The van der Waals surface area contributed by atoms with Gasteiger partial charge in [-0.1, -0.05) is 18.2 Å². The first-order chi connectivity index (χ1) is 7.97. The number of carbonyl (C=O) groups excluding carboxylic acids is 1. The van der Waals surface area contributed by atoms with E-state index in [-0.39, 0.29) is 12.0 Å². The lowest BCUT2D eigenvalue weighted by Gasteiger charge is -2.13. The largest absolute Gasteiger partial charge is 0.595 e. The summed E-state index contributed by atoms with van der Waals surface area (Å²) < 4.78 is 4.93. The summed E-state index contributed by atoms with van der Waals surface area (Å²) >= 11 is 0. The first kappa shape index (κ1) is 15.6. The van der Waals surface area contributed by atoms with Crippen LogP contribution < -0.4 is 0 Å². The number of carbonyl (C=O) groups is 1. The highest BCUT2D eigenvalue weighted by Crippen LogP contribution is 2.04. The van der Waals surface area contributed by atoms with Crippen LogP contribution >= 0.6 is 0 Å². The molecule has 0 saturated carbocycles. The highest BCUT2D eigenvalue weighted by molar-refractivity contribution is 5.66. The topological polar surface area (TPSA) is 64.7 Å². The van der Waals surface area contributed by atoms with Crippen LogP contribution in [0.3, 0.4) is 0 Å². The van der Waals surface area contributed by atoms with Gasteiger partial charge in [0.2, 0.25) is 6.20 Å². The molecule has 98 valence electrons. The number of unbranched alkanes of at least 4 members (excludes halogenated alkanes) is 2. The Labute approximate surface area is 103 Å². The lowest BCUT2D eigenvalue weighted by molar-refractivity contribution is -0.463. The van der Waals surface area contributed by atoms with Gasteiger partial charge < -0.3 is 9.94 Å². The van der Waals surface area contributed by atoms with Gasteiger partial charge in [-0.25, -0.2) is 0 Å². The summed E-state index contributed by atoms with van der Waals surface area (Å²) in [6, 6.07) is -0.354. The molecule has 5 nitrogen and oxygen atoms in total. The van der Waals surface area contributed by atoms with Crippen LogP contribution in [0.25, 0.3) is 0 Å². The van der Waals surface area contributed by atoms with Crippen LogP contribution in [-0.4, -0.2) is 23.0 Å². The van der Waals surface area contributed by atoms with Gasteiger partial charge in [-0.15, -0.1) is 0 Å². The molecule has 0 aliphatic carbocycles. The summed E-state index contributed by atoms with van der Waals surface area (Å²) in [4.78, 5) is 11.2. The van der Waals surface area contributed by atoms with Gasteiger partial charge in [0.25, 0.3) is 0 Å². The number of esters is 1. The molecule has 0 aromatic heterocycles. The molecule has 0 rings (SSSR count). The monoisotopic (exact) mass is 242 g/mol. The molecule has 0 aliphatic heterocycles. The Morgan fingerprint density at radius 3 is 2.71 bits per heavy atom. The van der Waals surface area contributed by atoms with Crippen LogP contribution in [0, 0.1) is 5.21 Å². The van der Waals surface area contributed by atoms with Gasteiger partial charge in [0, 0.05) is 6.92 Å². The second-order valence-electron chi connectivity index (χ2n) is 4.00. The Kier molecular flexibility index (Phi) is 8.01. The number of hydroxylamine groups is 1. The van der Waals surface area contributed by atoms with Crippen molar-refractivity contribution in [2.75, 3.05) is 0 Å². The molecule has 0 fully saturated rings. The van der Waals surface area contributed by atoms with Crippen molar-refractivity contribution in [1.82, 2.24) is 0 Å². The molecule has 0 amide bonds. The van der Waals surface area contributed by atoms with Crippen molar-refractivity contribution < 1.29 is 14.4 Å². The molecular weight excluding hydrogens is 220 g/mol. The number of azo groups is 1. The number of rotatable bonds is 7. The Bertz CT molecular complexity index is 287. The molecule has 0 spiro atoms. The van der Waals surface area contributed by atoms with E-state index in [0.717, 1.165) is 19.3 Å². The van der Waals surface area contributed by atoms with Gasteiger partial charge in [-0.3, -0.25) is 4.79 Å². The Morgan fingerprint density at radius 2 is 2.18 bits per heavy atom. The van der Waals surface area contributed by atoms with E-state index in [4.69, 9.17) is 4.74 Å². The summed E-state index contributed by atoms with van der Waals surface area (Å²) in [5, 5.41) is 15.2. The lowest BCUT2D eigenvalue weighted by Crippen LogP contribution is -2.24. The third-order valence-corrected chi connectivity index (χ3v) is 2.28. The maximum Gasteiger partial charge on any atom is 0.302 e. The lowest BCUT2D eigenvalue weighted by atomic mass is 10.2. The summed E-state index contributed by atoms with van der Waals surface area (Å²) in [7, 11) is 0. The van der Waals surface area contributed by atoms with Crippen LogP contribution in [0.2, 0.25) is 0 Å². The normalized spacial score (nSPS) is 15.9. The zero-order valence-corrected chi connectivity index (χ0v) is 11.0. The summed E-state index contributed by atoms with van der Waals surface area (Å²) in [5.41, 5.74) is 0. The fourth-order valence-corrected chi connectivity index (χ4v) is 1.16. The summed E-state index contributed by atoms with van der Waals surface area (Å²) in [6.45, 7) is 6.88. The van der Waals surface area contributed by atoms with Crippen LogP contribution in [0.5, 0.6) is 0 Å². The Morgan fingerprint density at radius 1 is 1.53 bits per heavy atom. The van der Waals surface area contributed by atoms with Gasteiger partial charge >= 0.3 is 5.97 Å². The van der Waals surface area contributed by atoms with E-state index >= 15 is 0 Å². The van der Waals surface area contributed by atoms with Gasteiger partial charge in [0.1, 0.15) is 12.1 Å². The second-order valence-corrected chi connectivity index (χ2v) is 4.00. The number of ether oxygens (including phenoxy) is 1. The Balaban J connectivity index is 4.17. The molecule has 0 heterocycles. The standard InChI is InChI=1S/C12H22N2O3/c1-5-6-7-8-9-14(16)13-10(2)11(3)17-12(4)15/h8-11H,5-7H2,1-4H3/b9-8+,14-13?/t10-,11+/m0/s1. The molecule has 0 bridgehead atoms. The molecule has 0 saturated heterocycles. The SMILES string of the molecule is CCCC/C=C/[N+]([O-])=N[C@@H](C)[C@@H](C)OC(C)=O. The molecule has 0 N–H and O–H groups in total. The maximum atomic E-state index is 11.3. The highest BCUT2D eigenvalue weighted by atomic mass is 16.5. The van der Waals surface area contributed by atoms with Crippen molar-refractivity contribution >= 4 is 5.97 Å². The third-order valence-electron chi connectivity index (χ3n) is 2.28. The molecule has 0 aliphatic rings. The van der Waals surface area contributed by atoms with Crippen LogP contribution in [0.1, 0.15) is 47.0 Å². The van der Waals surface area contributed by atoms with Crippen molar-refractivity contribution in [2.45, 2.75) is 59.1 Å².